The van der Waals surface area contributed by atoms with E-state index in [9.17, 15) is 0 Å². The van der Waals surface area contributed by atoms with Gasteiger partial charge in [-0.1, -0.05) is 24.3 Å². The van der Waals surface area contributed by atoms with Crippen LogP contribution in [0.4, 0.5) is 0 Å². The lowest BCUT2D eigenvalue weighted by atomic mass is 9.94. The van der Waals surface area contributed by atoms with Crippen LogP contribution in [0.2, 0.25) is 0 Å². The van der Waals surface area contributed by atoms with Crippen LogP contribution in [0.15, 0.2) is 30.3 Å². The molecule has 0 amide bonds. The Balaban J connectivity index is 1.87. The van der Waals surface area contributed by atoms with Crippen LogP contribution >= 0.6 is 0 Å². The summed E-state index contributed by atoms with van der Waals surface area (Å²) in [5.74, 6) is 0.636. The number of rotatable bonds is 2. The molecule has 1 fully saturated rings. The average molecular weight is 241 g/mol. The van der Waals surface area contributed by atoms with Crippen LogP contribution in [0.25, 0.3) is 11.3 Å². The van der Waals surface area contributed by atoms with Gasteiger partial charge in [0.05, 0.1) is 5.69 Å². The van der Waals surface area contributed by atoms with E-state index >= 15 is 0 Å². The van der Waals surface area contributed by atoms with Crippen molar-refractivity contribution in [2.45, 2.75) is 25.7 Å². The summed E-state index contributed by atoms with van der Waals surface area (Å²) in [5, 5.41) is 11.1. The molecule has 1 saturated heterocycles. The Morgan fingerprint density at radius 2 is 1.94 bits per heavy atom. The summed E-state index contributed by atoms with van der Waals surface area (Å²) in [6.07, 6.45) is 2.41. The number of piperidine rings is 1. The number of benzene rings is 1. The molecule has 1 aromatic heterocycles. The fraction of sp³-hybridized carbons (Fsp3) is 0.400. The van der Waals surface area contributed by atoms with Crippen molar-refractivity contribution < 1.29 is 0 Å². The van der Waals surface area contributed by atoms with Crippen LogP contribution < -0.4 is 5.32 Å². The first kappa shape index (κ1) is 11.5. The Hall–Kier alpha value is -1.61. The second kappa shape index (κ2) is 4.94. The SMILES string of the molecule is Cc1ccccc1-c1cc(C2CCNCC2)[nH]n1. The minimum atomic E-state index is 0.636. The van der Waals surface area contributed by atoms with Gasteiger partial charge < -0.3 is 5.32 Å². The van der Waals surface area contributed by atoms with Crippen LogP contribution in [-0.4, -0.2) is 23.3 Å². The van der Waals surface area contributed by atoms with Crippen molar-refractivity contribution in [2.75, 3.05) is 13.1 Å². The third-order valence-corrected chi connectivity index (χ3v) is 3.80. The van der Waals surface area contributed by atoms with Gasteiger partial charge in [-0.25, -0.2) is 0 Å². The Kier molecular flexibility index (Phi) is 3.15. The number of H-pyrrole nitrogens is 1. The summed E-state index contributed by atoms with van der Waals surface area (Å²) in [6, 6.07) is 10.6. The fourth-order valence-corrected chi connectivity index (χ4v) is 2.68. The maximum Gasteiger partial charge on any atom is 0.0926 e. The third-order valence-electron chi connectivity index (χ3n) is 3.80. The highest BCUT2D eigenvalue weighted by Gasteiger charge is 2.17. The van der Waals surface area contributed by atoms with E-state index < -0.39 is 0 Å². The quantitative estimate of drug-likeness (QED) is 0.848. The number of aromatic nitrogens is 2. The predicted octanol–water partition coefficient (Wildman–Crippen LogP) is 2.85. The molecule has 18 heavy (non-hydrogen) atoms. The Bertz CT molecular complexity index is 524. The number of nitrogens with zero attached hydrogens (tertiary/aromatic N) is 1. The number of nitrogens with one attached hydrogen (secondary N) is 2. The number of aryl methyl sites for hydroxylation is 1. The second-order valence-corrected chi connectivity index (χ2v) is 5.05. The minimum absolute atomic E-state index is 0.636. The normalized spacial score (nSPS) is 16.9. The third kappa shape index (κ3) is 2.18. The van der Waals surface area contributed by atoms with Crippen LogP contribution in [0, 0.1) is 6.92 Å². The van der Waals surface area contributed by atoms with Crippen LogP contribution in [0.1, 0.15) is 30.0 Å². The molecule has 2 heterocycles. The van der Waals surface area contributed by atoms with Crippen molar-refractivity contribution in [3.63, 3.8) is 0 Å². The smallest absolute Gasteiger partial charge is 0.0926 e. The molecule has 94 valence electrons. The van der Waals surface area contributed by atoms with Crippen molar-refractivity contribution in [3.05, 3.63) is 41.6 Å². The highest BCUT2D eigenvalue weighted by molar-refractivity contribution is 5.63. The van der Waals surface area contributed by atoms with Crippen molar-refractivity contribution in [2.24, 2.45) is 0 Å². The van der Waals surface area contributed by atoms with E-state index in [2.05, 4.69) is 52.8 Å². The predicted molar refractivity (Wildman–Crippen MR) is 73.6 cm³/mol. The summed E-state index contributed by atoms with van der Waals surface area (Å²) in [7, 11) is 0. The highest BCUT2D eigenvalue weighted by Crippen LogP contribution is 2.28. The van der Waals surface area contributed by atoms with Gasteiger partial charge in [0.15, 0.2) is 0 Å². The molecule has 0 unspecified atom stereocenters. The standard InChI is InChI=1S/C15H19N3/c1-11-4-2-3-5-13(11)15-10-14(17-18-15)12-6-8-16-9-7-12/h2-5,10,12,16H,6-9H2,1H3,(H,17,18). The van der Waals surface area contributed by atoms with E-state index in [0.717, 1.165) is 18.8 Å². The van der Waals surface area contributed by atoms with Gasteiger partial charge in [-0.3, -0.25) is 5.10 Å². The van der Waals surface area contributed by atoms with Gasteiger partial charge in [0.1, 0.15) is 0 Å². The fourth-order valence-electron chi connectivity index (χ4n) is 2.68. The molecule has 1 aliphatic rings. The summed E-state index contributed by atoms with van der Waals surface area (Å²) in [6.45, 7) is 4.36. The molecule has 0 bridgehead atoms. The molecule has 2 aromatic rings. The zero-order valence-electron chi connectivity index (χ0n) is 10.7. The van der Waals surface area contributed by atoms with E-state index in [1.165, 1.54) is 29.7 Å². The second-order valence-electron chi connectivity index (χ2n) is 5.05. The molecule has 1 aliphatic heterocycles. The Labute approximate surface area is 108 Å². The first-order valence-corrected chi connectivity index (χ1v) is 6.66. The largest absolute Gasteiger partial charge is 0.317 e. The van der Waals surface area contributed by atoms with Gasteiger partial charge in [0, 0.05) is 17.2 Å². The lowest BCUT2D eigenvalue weighted by Crippen LogP contribution is -2.26. The van der Waals surface area contributed by atoms with Gasteiger partial charge in [-0.2, -0.15) is 5.10 Å². The molecule has 2 N–H and O–H groups in total. The van der Waals surface area contributed by atoms with Crippen LogP contribution in [0.3, 0.4) is 0 Å². The summed E-state index contributed by atoms with van der Waals surface area (Å²) >= 11 is 0. The van der Waals surface area contributed by atoms with Crippen molar-refractivity contribution in [1.29, 1.82) is 0 Å². The Morgan fingerprint density at radius 1 is 1.17 bits per heavy atom. The molecule has 3 nitrogen and oxygen atoms in total. The van der Waals surface area contributed by atoms with Crippen molar-refractivity contribution in [3.8, 4) is 11.3 Å². The van der Waals surface area contributed by atoms with Crippen molar-refractivity contribution in [1.82, 2.24) is 15.5 Å². The van der Waals surface area contributed by atoms with Gasteiger partial charge in [-0.15, -0.1) is 0 Å². The maximum absolute atomic E-state index is 4.48. The zero-order valence-corrected chi connectivity index (χ0v) is 10.7. The molecule has 0 aliphatic carbocycles. The molecule has 0 atom stereocenters. The molecule has 1 aromatic carbocycles. The first-order valence-electron chi connectivity index (χ1n) is 6.66. The van der Waals surface area contributed by atoms with Gasteiger partial charge in [-0.05, 0) is 44.5 Å². The van der Waals surface area contributed by atoms with E-state index in [1.807, 2.05) is 0 Å². The molecule has 0 radical (unpaired) electrons. The summed E-state index contributed by atoms with van der Waals surface area (Å²) in [5.41, 5.74) is 4.87. The molecular formula is C15H19N3. The Morgan fingerprint density at radius 3 is 2.72 bits per heavy atom. The monoisotopic (exact) mass is 241 g/mol. The first-order chi connectivity index (χ1) is 8.84. The van der Waals surface area contributed by atoms with E-state index in [4.69, 9.17) is 0 Å². The lowest BCUT2D eigenvalue weighted by molar-refractivity contribution is 0.453. The number of hydrogen-bond donors (Lipinski definition) is 2. The number of aromatic amines is 1. The summed E-state index contributed by atoms with van der Waals surface area (Å²) in [4.78, 5) is 0. The van der Waals surface area contributed by atoms with Crippen molar-refractivity contribution >= 4 is 0 Å². The lowest BCUT2D eigenvalue weighted by Gasteiger charge is -2.20. The zero-order chi connectivity index (χ0) is 12.4. The topological polar surface area (TPSA) is 40.7 Å². The van der Waals surface area contributed by atoms with Gasteiger partial charge >= 0.3 is 0 Å². The maximum atomic E-state index is 4.48. The molecule has 0 spiro atoms. The van der Waals surface area contributed by atoms with E-state index in [1.54, 1.807) is 0 Å². The van der Waals surface area contributed by atoms with Gasteiger partial charge in [0.2, 0.25) is 0 Å². The molecular weight excluding hydrogens is 222 g/mol. The molecule has 3 heteroatoms. The minimum Gasteiger partial charge on any atom is -0.317 e. The summed E-state index contributed by atoms with van der Waals surface area (Å²) < 4.78 is 0. The molecule has 0 saturated carbocycles. The highest BCUT2D eigenvalue weighted by atomic mass is 15.1. The molecule has 3 rings (SSSR count). The van der Waals surface area contributed by atoms with E-state index in [-0.39, 0.29) is 0 Å². The number of hydrogen-bond acceptors (Lipinski definition) is 2. The average Bonchev–Trinajstić information content (AvgIpc) is 2.90. The van der Waals surface area contributed by atoms with Gasteiger partial charge in [0.25, 0.3) is 0 Å². The van der Waals surface area contributed by atoms with Crippen LogP contribution in [-0.2, 0) is 0 Å². The van der Waals surface area contributed by atoms with Crippen LogP contribution in [0.5, 0.6) is 0 Å². The van der Waals surface area contributed by atoms with E-state index in [0.29, 0.717) is 5.92 Å².